The number of nitrogens with zero attached hydrogens (tertiary/aromatic N) is 1. The monoisotopic (exact) mass is 255 g/mol. The largest absolute Gasteiger partial charge is 0.265 e. The molecule has 0 atom stereocenters. The first-order valence-corrected chi connectivity index (χ1v) is 4.63. The van der Waals surface area contributed by atoms with Gasteiger partial charge in [0.05, 0.1) is 10.7 Å². The minimum atomic E-state index is -2.52. The maximum absolute atomic E-state index is 12.3. The lowest BCUT2D eigenvalue weighted by molar-refractivity contribution is 0.150. The Morgan fingerprint density at radius 3 is 2.75 bits per heavy atom. The molecule has 0 fully saturated rings. The van der Waals surface area contributed by atoms with Crippen molar-refractivity contribution in [3.05, 3.63) is 28.5 Å². The van der Waals surface area contributed by atoms with Crippen molar-refractivity contribution in [1.29, 1.82) is 0 Å². The van der Waals surface area contributed by atoms with Gasteiger partial charge in [0.25, 0.3) is 6.43 Å². The minimum absolute atomic E-state index is 0.112. The molecule has 0 unspecified atom stereocenters. The van der Waals surface area contributed by atoms with Crippen molar-refractivity contribution in [2.45, 2.75) is 11.8 Å². The first-order valence-electron chi connectivity index (χ1n) is 3.13. The molecule has 0 aliphatic heterocycles. The van der Waals surface area contributed by atoms with E-state index in [9.17, 15) is 8.78 Å². The van der Waals surface area contributed by atoms with Crippen molar-refractivity contribution < 1.29 is 8.78 Å². The van der Waals surface area contributed by atoms with Crippen molar-refractivity contribution in [2.24, 2.45) is 0 Å². The number of halogens is 4. The summed E-state index contributed by atoms with van der Waals surface area (Å²) in [6.45, 7) is 0. The third kappa shape index (κ3) is 2.14. The third-order valence-corrected chi connectivity index (χ3v) is 2.07. The van der Waals surface area contributed by atoms with Crippen molar-refractivity contribution in [1.82, 2.24) is 4.98 Å². The van der Waals surface area contributed by atoms with Gasteiger partial charge < -0.3 is 0 Å². The van der Waals surface area contributed by atoms with Gasteiger partial charge in [-0.05, 0) is 6.07 Å². The van der Waals surface area contributed by atoms with Gasteiger partial charge in [0.1, 0.15) is 0 Å². The zero-order valence-corrected chi connectivity index (χ0v) is 8.24. The second-order valence-electron chi connectivity index (χ2n) is 2.12. The molecule has 0 aliphatic rings. The summed E-state index contributed by atoms with van der Waals surface area (Å²) < 4.78 is 24.6. The Hall–Kier alpha value is -0.220. The van der Waals surface area contributed by atoms with E-state index in [4.69, 9.17) is 11.6 Å². The molecule has 0 N–H and O–H groups in total. The Morgan fingerprint density at radius 2 is 2.25 bits per heavy atom. The van der Waals surface area contributed by atoms with E-state index in [0.29, 0.717) is 11.0 Å². The predicted molar refractivity (Wildman–Crippen MR) is 46.8 cm³/mol. The molecule has 1 aromatic heterocycles. The average molecular weight is 256 g/mol. The molecule has 0 saturated carbocycles. The van der Waals surface area contributed by atoms with Crippen molar-refractivity contribution >= 4 is 27.5 Å². The van der Waals surface area contributed by atoms with E-state index in [1.165, 1.54) is 12.3 Å². The predicted octanol–water partition coefficient (Wildman–Crippen LogP) is 3.57. The molecular weight excluding hydrogens is 251 g/mol. The standard InChI is InChI=1S/C7H5BrClF2N/c8-2-6-5(7(10)11)1-4(9)3-12-6/h1,3,7H,2H2. The van der Waals surface area contributed by atoms with Crippen LogP contribution in [0.25, 0.3) is 0 Å². The Balaban J connectivity index is 3.12. The van der Waals surface area contributed by atoms with Gasteiger partial charge in [-0.1, -0.05) is 27.5 Å². The summed E-state index contributed by atoms with van der Waals surface area (Å²) in [5, 5.41) is 0.541. The summed E-state index contributed by atoms with van der Waals surface area (Å²) in [5.41, 5.74) is 0.216. The number of hydrogen-bond acceptors (Lipinski definition) is 1. The lowest BCUT2D eigenvalue weighted by Gasteiger charge is -2.04. The normalized spacial score (nSPS) is 10.8. The van der Waals surface area contributed by atoms with Gasteiger partial charge in [-0.2, -0.15) is 0 Å². The number of pyridine rings is 1. The lowest BCUT2D eigenvalue weighted by atomic mass is 10.2. The van der Waals surface area contributed by atoms with Crippen LogP contribution in [0.2, 0.25) is 5.02 Å². The molecule has 66 valence electrons. The quantitative estimate of drug-likeness (QED) is 0.737. The summed E-state index contributed by atoms with van der Waals surface area (Å²) in [4.78, 5) is 3.76. The summed E-state index contributed by atoms with van der Waals surface area (Å²) in [6, 6.07) is 1.23. The number of aromatic nitrogens is 1. The maximum Gasteiger partial charge on any atom is 0.265 e. The zero-order valence-electron chi connectivity index (χ0n) is 5.90. The highest BCUT2D eigenvalue weighted by molar-refractivity contribution is 9.08. The van der Waals surface area contributed by atoms with Gasteiger partial charge in [0.2, 0.25) is 0 Å². The molecule has 0 aliphatic carbocycles. The van der Waals surface area contributed by atoms with Gasteiger partial charge in [-0.3, -0.25) is 4.98 Å². The molecule has 1 rings (SSSR count). The van der Waals surface area contributed by atoms with E-state index in [2.05, 4.69) is 20.9 Å². The second-order valence-corrected chi connectivity index (χ2v) is 3.12. The van der Waals surface area contributed by atoms with Crippen molar-refractivity contribution in [3.8, 4) is 0 Å². The van der Waals surface area contributed by atoms with Crippen LogP contribution in [0.15, 0.2) is 12.3 Å². The van der Waals surface area contributed by atoms with E-state index in [0.717, 1.165) is 0 Å². The summed E-state index contributed by atoms with van der Waals surface area (Å²) in [5.74, 6) is 0. The van der Waals surface area contributed by atoms with Gasteiger partial charge in [-0.25, -0.2) is 8.78 Å². The van der Waals surface area contributed by atoms with Crippen LogP contribution in [0.5, 0.6) is 0 Å². The van der Waals surface area contributed by atoms with Crippen LogP contribution in [0.4, 0.5) is 8.78 Å². The first kappa shape index (κ1) is 9.86. The fourth-order valence-corrected chi connectivity index (χ4v) is 1.42. The molecule has 1 aromatic rings. The maximum atomic E-state index is 12.3. The number of alkyl halides is 3. The highest BCUT2D eigenvalue weighted by Crippen LogP contribution is 2.25. The summed E-state index contributed by atoms with van der Waals surface area (Å²) >= 11 is 8.57. The Kier molecular flexibility index (Phi) is 3.40. The number of rotatable bonds is 2. The number of hydrogen-bond donors (Lipinski definition) is 0. The molecule has 0 spiro atoms. The summed E-state index contributed by atoms with van der Waals surface area (Å²) in [7, 11) is 0. The van der Waals surface area contributed by atoms with Gasteiger partial charge in [0.15, 0.2) is 0 Å². The van der Waals surface area contributed by atoms with E-state index < -0.39 is 6.43 Å². The highest BCUT2D eigenvalue weighted by atomic mass is 79.9. The fourth-order valence-electron chi connectivity index (χ4n) is 0.784. The molecule has 1 nitrogen and oxygen atoms in total. The van der Waals surface area contributed by atoms with Crippen LogP contribution in [0.3, 0.4) is 0 Å². The minimum Gasteiger partial charge on any atom is -0.258 e. The molecule has 0 amide bonds. The van der Waals surface area contributed by atoms with E-state index in [1.54, 1.807) is 0 Å². The Morgan fingerprint density at radius 1 is 1.58 bits per heavy atom. The third-order valence-electron chi connectivity index (χ3n) is 1.33. The van der Waals surface area contributed by atoms with Crippen LogP contribution in [-0.2, 0) is 5.33 Å². The Labute approximate surface area is 81.9 Å². The van der Waals surface area contributed by atoms with Crippen LogP contribution in [0, 0.1) is 0 Å². The van der Waals surface area contributed by atoms with E-state index >= 15 is 0 Å². The molecule has 0 radical (unpaired) electrons. The van der Waals surface area contributed by atoms with Crippen LogP contribution in [0.1, 0.15) is 17.7 Å². The molecule has 12 heavy (non-hydrogen) atoms. The average Bonchev–Trinajstić information content (AvgIpc) is 2.04. The molecule has 1 heterocycles. The lowest BCUT2D eigenvalue weighted by Crippen LogP contribution is -1.95. The van der Waals surface area contributed by atoms with Crippen LogP contribution >= 0.6 is 27.5 Å². The molecule has 5 heteroatoms. The van der Waals surface area contributed by atoms with Crippen LogP contribution < -0.4 is 0 Å². The molecule has 0 aromatic carbocycles. The second kappa shape index (κ2) is 4.14. The van der Waals surface area contributed by atoms with Gasteiger partial charge in [-0.15, -0.1) is 0 Å². The summed E-state index contributed by atoms with van der Waals surface area (Å²) in [6.07, 6.45) is -1.17. The fraction of sp³-hybridized carbons (Fsp3) is 0.286. The first-order chi connectivity index (χ1) is 5.65. The van der Waals surface area contributed by atoms with Gasteiger partial charge >= 0.3 is 0 Å². The smallest absolute Gasteiger partial charge is 0.258 e. The van der Waals surface area contributed by atoms with Crippen molar-refractivity contribution in [3.63, 3.8) is 0 Å². The van der Waals surface area contributed by atoms with Crippen molar-refractivity contribution in [2.75, 3.05) is 0 Å². The molecule has 0 bridgehead atoms. The van der Waals surface area contributed by atoms with Crippen LogP contribution in [-0.4, -0.2) is 4.98 Å². The molecular formula is C7H5BrClF2N. The molecule has 0 saturated heterocycles. The SMILES string of the molecule is FC(F)c1cc(Cl)cnc1CBr. The van der Waals surface area contributed by atoms with Gasteiger partial charge in [0, 0.05) is 17.1 Å². The Bertz CT molecular complexity index is 280. The topological polar surface area (TPSA) is 12.9 Å². The van der Waals surface area contributed by atoms with E-state index in [-0.39, 0.29) is 10.6 Å². The zero-order chi connectivity index (χ0) is 9.14. The highest BCUT2D eigenvalue weighted by Gasteiger charge is 2.13. The van der Waals surface area contributed by atoms with E-state index in [1.807, 2.05) is 0 Å².